The lowest BCUT2D eigenvalue weighted by molar-refractivity contribution is 0.127. The van der Waals surface area contributed by atoms with Gasteiger partial charge in [0.1, 0.15) is 0 Å². The first-order chi connectivity index (χ1) is 9.88. The van der Waals surface area contributed by atoms with E-state index in [0.717, 1.165) is 13.1 Å². The number of likely N-dealkylation sites (tertiary alicyclic amines) is 1. The number of benzene rings is 1. The summed E-state index contributed by atoms with van der Waals surface area (Å²) in [4.78, 5) is 4.89. The van der Waals surface area contributed by atoms with Crippen LogP contribution in [-0.4, -0.2) is 49.6 Å². The Morgan fingerprint density at radius 3 is 2.43 bits per heavy atom. The predicted octanol–water partition coefficient (Wildman–Crippen LogP) is 2.64. The summed E-state index contributed by atoms with van der Waals surface area (Å²) in [6, 6.07) is 5.29. The van der Waals surface area contributed by atoms with Crippen molar-refractivity contribution in [3.63, 3.8) is 0 Å². The maximum Gasteiger partial charge on any atom is 0.0429 e. The van der Waals surface area contributed by atoms with Crippen LogP contribution in [0.3, 0.4) is 0 Å². The van der Waals surface area contributed by atoms with Crippen LogP contribution in [0.1, 0.15) is 41.1 Å². The maximum atomic E-state index is 6.54. The van der Waals surface area contributed by atoms with Crippen molar-refractivity contribution in [2.24, 2.45) is 5.73 Å². The van der Waals surface area contributed by atoms with Crippen LogP contribution in [0.15, 0.2) is 12.1 Å². The molecule has 0 amide bonds. The highest BCUT2D eigenvalue weighted by Gasteiger charge is 2.23. The van der Waals surface area contributed by atoms with Crippen molar-refractivity contribution in [1.29, 1.82) is 0 Å². The second kappa shape index (κ2) is 6.91. The number of hydrogen-bond acceptors (Lipinski definition) is 3. The van der Waals surface area contributed by atoms with Gasteiger partial charge in [0.2, 0.25) is 0 Å². The standard InChI is InChI=1S/C18H31N3/c1-13-9-14(2)18(15(3)10-13)17(19)12-21-8-6-7-16(11-21)20(4)5/h9-10,16-17H,6-8,11-12,19H2,1-5H3. The summed E-state index contributed by atoms with van der Waals surface area (Å²) in [5.74, 6) is 0. The summed E-state index contributed by atoms with van der Waals surface area (Å²) in [6.45, 7) is 9.82. The highest BCUT2D eigenvalue weighted by atomic mass is 15.2. The lowest BCUT2D eigenvalue weighted by Crippen LogP contribution is -2.47. The summed E-state index contributed by atoms with van der Waals surface area (Å²) < 4.78 is 0. The van der Waals surface area contributed by atoms with Gasteiger partial charge < -0.3 is 10.6 Å². The zero-order chi connectivity index (χ0) is 15.6. The topological polar surface area (TPSA) is 32.5 Å². The molecule has 3 heteroatoms. The van der Waals surface area contributed by atoms with Gasteiger partial charge in [-0.15, -0.1) is 0 Å². The number of hydrogen-bond donors (Lipinski definition) is 1. The van der Waals surface area contributed by atoms with Crippen LogP contribution in [-0.2, 0) is 0 Å². The van der Waals surface area contributed by atoms with Crippen molar-refractivity contribution >= 4 is 0 Å². The average molecular weight is 289 g/mol. The number of piperidine rings is 1. The number of likely N-dealkylation sites (N-methyl/N-ethyl adjacent to an activating group) is 1. The van der Waals surface area contributed by atoms with Crippen molar-refractivity contribution in [3.8, 4) is 0 Å². The fourth-order valence-corrected chi connectivity index (χ4v) is 3.76. The van der Waals surface area contributed by atoms with E-state index in [0.29, 0.717) is 6.04 Å². The van der Waals surface area contributed by atoms with E-state index in [1.807, 2.05) is 0 Å². The van der Waals surface area contributed by atoms with E-state index in [1.54, 1.807) is 0 Å². The molecule has 1 fully saturated rings. The van der Waals surface area contributed by atoms with E-state index < -0.39 is 0 Å². The molecule has 0 aromatic heterocycles. The van der Waals surface area contributed by atoms with Crippen LogP contribution in [0.4, 0.5) is 0 Å². The molecule has 2 rings (SSSR count). The monoisotopic (exact) mass is 289 g/mol. The molecule has 1 heterocycles. The Hall–Kier alpha value is -0.900. The molecule has 118 valence electrons. The van der Waals surface area contributed by atoms with E-state index in [4.69, 9.17) is 5.73 Å². The fraction of sp³-hybridized carbons (Fsp3) is 0.667. The number of rotatable bonds is 4. The Morgan fingerprint density at radius 2 is 1.86 bits per heavy atom. The third kappa shape index (κ3) is 4.06. The predicted molar refractivity (Wildman–Crippen MR) is 90.7 cm³/mol. The molecule has 2 unspecified atom stereocenters. The van der Waals surface area contributed by atoms with Gasteiger partial charge in [0.15, 0.2) is 0 Å². The van der Waals surface area contributed by atoms with Crippen LogP contribution >= 0.6 is 0 Å². The second-order valence-electron chi connectivity index (χ2n) is 6.94. The summed E-state index contributed by atoms with van der Waals surface area (Å²) >= 11 is 0. The lowest BCUT2D eigenvalue weighted by Gasteiger charge is -2.37. The van der Waals surface area contributed by atoms with Crippen molar-refractivity contribution in [3.05, 3.63) is 34.4 Å². The Morgan fingerprint density at radius 1 is 1.24 bits per heavy atom. The first-order valence-electron chi connectivity index (χ1n) is 8.10. The molecule has 3 nitrogen and oxygen atoms in total. The highest BCUT2D eigenvalue weighted by Crippen LogP contribution is 2.24. The van der Waals surface area contributed by atoms with Gasteiger partial charge in [-0.05, 0) is 70.9 Å². The Labute approximate surface area is 130 Å². The smallest absolute Gasteiger partial charge is 0.0429 e. The van der Waals surface area contributed by atoms with Crippen molar-refractivity contribution in [2.45, 2.75) is 45.7 Å². The SMILES string of the molecule is Cc1cc(C)c(C(N)CN2CCCC(N(C)C)C2)c(C)c1. The molecule has 0 radical (unpaired) electrons. The first kappa shape index (κ1) is 16.5. The molecule has 21 heavy (non-hydrogen) atoms. The van der Waals surface area contributed by atoms with Gasteiger partial charge in [-0.25, -0.2) is 0 Å². The minimum atomic E-state index is 0.117. The third-order valence-corrected chi connectivity index (χ3v) is 4.77. The molecule has 1 saturated heterocycles. The number of aryl methyl sites for hydroxylation is 3. The van der Waals surface area contributed by atoms with Crippen LogP contribution in [0, 0.1) is 20.8 Å². The minimum absolute atomic E-state index is 0.117. The van der Waals surface area contributed by atoms with Gasteiger partial charge in [0.05, 0.1) is 0 Å². The zero-order valence-electron chi connectivity index (χ0n) is 14.3. The average Bonchev–Trinajstić information content (AvgIpc) is 2.37. The summed E-state index contributed by atoms with van der Waals surface area (Å²) in [5, 5.41) is 0. The quantitative estimate of drug-likeness (QED) is 0.925. The van der Waals surface area contributed by atoms with E-state index >= 15 is 0 Å². The van der Waals surface area contributed by atoms with E-state index in [9.17, 15) is 0 Å². The maximum absolute atomic E-state index is 6.54. The molecule has 0 bridgehead atoms. The largest absolute Gasteiger partial charge is 0.323 e. The third-order valence-electron chi connectivity index (χ3n) is 4.77. The van der Waals surface area contributed by atoms with E-state index in [-0.39, 0.29) is 6.04 Å². The molecule has 2 N–H and O–H groups in total. The molecule has 1 aliphatic heterocycles. The van der Waals surface area contributed by atoms with Crippen molar-refractivity contribution in [2.75, 3.05) is 33.7 Å². The molecular weight excluding hydrogens is 258 g/mol. The first-order valence-corrected chi connectivity index (χ1v) is 8.10. The summed E-state index contributed by atoms with van der Waals surface area (Å²) in [7, 11) is 4.37. The molecule has 1 aliphatic rings. The van der Waals surface area contributed by atoms with Crippen LogP contribution in [0.2, 0.25) is 0 Å². The van der Waals surface area contributed by atoms with E-state index in [2.05, 4.69) is 56.8 Å². The zero-order valence-corrected chi connectivity index (χ0v) is 14.3. The molecule has 0 aliphatic carbocycles. The molecule has 1 aromatic rings. The number of nitrogens with zero attached hydrogens (tertiary/aromatic N) is 2. The van der Waals surface area contributed by atoms with Gasteiger partial charge in [0, 0.05) is 25.2 Å². The van der Waals surface area contributed by atoms with Crippen molar-refractivity contribution in [1.82, 2.24) is 9.80 Å². The van der Waals surface area contributed by atoms with Gasteiger partial charge >= 0.3 is 0 Å². The van der Waals surface area contributed by atoms with Crippen molar-refractivity contribution < 1.29 is 0 Å². The summed E-state index contributed by atoms with van der Waals surface area (Å²) in [6.07, 6.45) is 2.59. The van der Waals surface area contributed by atoms with Gasteiger partial charge in [-0.3, -0.25) is 4.90 Å². The lowest BCUT2D eigenvalue weighted by atomic mass is 9.93. The molecule has 0 saturated carbocycles. The number of nitrogens with two attached hydrogens (primary N) is 1. The fourth-order valence-electron chi connectivity index (χ4n) is 3.76. The van der Waals surface area contributed by atoms with Gasteiger partial charge in [-0.1, -0.05) is 17.7 Å². The molecular formula is C18H31N3. The van der Waals surface area contributed by atoms with Crippen LogP contribution in [0.25, 0.3) is 0 Å². The Kier molecular flexibility index (Phi) is 5.42. The molecule has 1 aromatic carbocycles. The Balaban J connectivity index is 2.06. The Bertz CT molecular complexity index is 458. The minimum Gasteiger partial charge on any atom is -0.323 e. The normalized spacial score (nSPS) is 21.8. The van der Waals surface area contributed by atoms with Crippen LogP contribution < -0.4 is 5.73 Å². The second-order valence-corrected chi connectivity index (χ2v) is 6.94. The van der Waals surface area contributed by atoms with Gasteiger partial charge in [0.25, 0.3) is 0 Å². The van der Waals surface area contributed by atoms with E-state index in [1.165, 1.54) is 41.6 Å². The highest BCUT2D eigenvalue weighted by molar-refractivity contribution is 5.39. The molecule has 2 atom stereocenters. The molecule has 0 spiro atoms. The summed E-state index contributed by atoms with van der Waals surface area (Å²) in [5.41, 5.74) is 11.9. The van der Waals surface area contributed by atoms with Gasteiger partial charge in [-0.2, -0.15) is 0 Å². The van der Waals surface area contributed by atoms with Crippen LogP contribution in [0.5, 0.6) is 0 Å².